The maximum Gasteiger partial charge on any atom is 0.335 e. The molecule has 0 N–H and O–H groups in total. The Hall–Kier alpha value is -5.18. The Bertz CT molecular complexity index is 1850. The Morgan fingerprint density at radius 1 is 0.500 bits per heavy atom. The summed E-state index contributed by atoms with van der Waals surface area (Å²) in [6, 6.07) is 32.2. The third-order valence-electron chi connectivity index (χ3n) is 11.3. The third-order valence-corrected chi connectivity index (χ3v) is 11.3. The van der Waals surface area contributed by atoms with E-state index in [0.29, 0.717) is 34.8 Å². The molecule has 60 heavy (non-hydrogen) atoms. The van der Waals surface area contributed by atoms with Crippen molar-refractivity contribution in [2.75, 3.05) is 13.6 Å². The first-order valence-corrected chi connectivity index (χ1v) is 21.9. The SMILES string of the molecule is C=CC(=O)Oc1ccc(OCOC2CCC(c3ccc(CCC)cc3)CC2)cc1.C=CC(=O)Oc1ccc(OCOC2CCC(c3ccc(CCCCC)cc3)CC2)cc1. The molecule has 0 spiro atoms. The minimum absolute atomic E-state index is 0.229. The molecule has 2 aliphatic rings. The van der Waals surface area contributed by atoms with E-state index in [1.54, 1.807) is 48.5 Å². The number of esters is 2. The maximum atomic E-state index is 11.2. The lowest BCUT2D eigenvalue weighted by Gasteiger charge is -2.28. The summed E-state index contributed by atoms with van der Waals surface area (Å²) in [5.74, 6) is 2.61. The summed E-state index contributed by atoms with van der Waals surface area (Å²) in [6.07, 6.45) is 19.0. The minimum atomic E-state index is -0.477. The first kappa shape index (κ1) is 45.9. The summed E-state index contributed by atoms with van der Waals surface area (Å²) < 4.78 is 33.3. The zero-order chi connectivity index (χ0) is 42.4. The number of benzene rings is 4. The topological polar surface area (TPSA) is 89.5 Å². The van der Waals surface area contributed by atoms with Crippen LogP contribution >= 0.6 is 0 Å². The van der Waals surface area contributed by atoms with Crippen molar-refractivity contribution in [3.05, 3.63) is 145 Å². The first-order chi connectivity index (χ1) is 29.3. The van der Waals surface area contributed by atoms with Gasteiger partial charge < -0.3 is 28.4 Å². The Kier molecular flexibility index (Phi) is 19.5. The quantitative estimate of drug-likeness (QED) is 0.0286. The molecule has 2 aliphatic carbocycles. The predicted molar refractivity (Wildman–Crippen MR) is 238 cm³/mol. The van der Waals surface area contributed by atoms with E-state index in [1.165, 1.54) is 54.4 Å². The van der Waals surface area contributed by atoms with Crippen molar-refractivity contribution in [2.24, 2.45) is 0 Å². The molecule has 0 atom stereocenters. The smallest absolute Gasteiger partial charge is 0.335 e. The van der Waals surface area contributed by atoms with E-state index in [9.17, 15) is 9.59 Å². The van der Waals surface area contributed by atoms with Crippen molar-refractivity contribution in [3.8, 4) is 23.0 Å². The molecule has 0 heterocycles. The Balaban J connectivity index is 0.000000228. The lowest BCUT2D eigenvalue weighted by Crippen LogP contribution is -2.22. The summed E-state index contributed by atoms with van der Waals surface area (Å²) in [4.78, 5) is 22.4. The van der Waals surface area contributed by atoms with Crippen LogP contribution in [0, 0.1) is 0 Å². The van der Waals surface area contributed by atoms with Gasteiger partial charge in [-0.25, -0.2) is 9.59 Å². The summed E-state index contributed by atoms with van der Waals surface area (Å²) in [5.41, 5.74) is 5.80. The van der Waals surface area contributed by atoms with E-state index in [2.05, 4.69) is 75.5 Å². The molecule has 0 aromatic heterocycles. The second-order valence-electron chi connectivity index (χ2n) is 15.7. The average Bonchev–Trinajstić information content (AvgIpc) is 3.29. The summed E-state index contributed by atoms with van der Waals surface area (Å²) in [6.45, 7) is 11.7. The summed E-state index contributed by atoms with van der Waals surface area (Å²) in [5, 5.41) is 0. The van der Waals surface area contributed by atoms with Crippen molar-refractivity contribution in [3.63, 3.8) is 0 Å². The molecule has 8 heteroatoms. The van der Waals surface area contributed by atoms with Crippen LogP contribution in [0.15, 0.2) is 122 Å². The van der Waals surface area contributed by atoms with Crippen LogP contribution in [-0.4, -0.2) is 37.7 Å². The van der Waals surface area contributed by atoms with Crippen LogP contribution < -0.4 is 18.9 Å². The van der Waals surface area contributed by atoms with Crippen LogP contribution in [0.25, 0.3) is 0 Å². The summed E-state index contributed by atoms with van der Waals surface area (Å²) in [7, 11) is 0. The van der Waals surface area contributed by atoms with Gasteiger partial charge >= 0.3 is 11.9 Å². The molecule has 4 aromatic carbocycles. The molecular weight excluding hydrogens is 753 g/mol. The van der Waals surface area contributed by atoms with Gasteiger partial charge in [0.2, 0.25) is 0 Å². The monoisotopic (exact) mass is 816 g/mol. The Morgan fingerprint density at radius 2 is 0.883 bits per heavy atom. The van der Waals surface area contributed by atoms with Crippen molar-refractivity contribution >= 4 is 11.9 Å². The molecule has 0 saturated heterocycles. The van der Waals surface area contributed by atoms with Gasteiger partial charge in [0.05, 0.1) is 12.2 Å². The van der Waals surface area contributed by atoms with E-state index in [4.69, 9.17) is 28.4 Å². The lowest BCUT2D eigenvalue weighted by molar-refractivity contribution is -0.129. The molecule has 0 unspecified atom stereocenters. The number of hydrogen-bond acceptors (Lipinski definition) is 8. The molecule has 4 aromatic rings. The van der Waals surface area contributed by atoms with Gasteiger partial charge in [-0.3, -0.25) is 0 Å². The molecule has 0 aliphatic heterocycles. The molecule has 0 radical (unpaired) electrons. The van der Waals surface area contributed by atoms with Crippen LogP contribution in [0.1, 0.15) is 125 Å². The molecular formula is C52H64O8. The molecule has 0 bridgehead atoms. The van der Waals surface area contributed by atoms with Gasteiger partial charge in [-0.05, 0) is 153 Å². The first-order valence-electron chi connectivity index (χ1n) is 21.9. The molecule has 8 nitrogen and oxygen atoms in total. The van der Waals surface area contributed by atoms with Gasteiger partial charge in [-0.2, -0.15) is 0 Å². The lowest BCUT2D eigenvalue weighted by atomic mass is 9.82. The van der Waals surface area contributed by atoms with Gasteiger partial charge in [0.15, 0.2) is 13.6 Å². The van der Waals surface area contributed by atoms with Crippen molar-refractivity contribution < 1.29 is 38.0 Å². The summed E-state index contributed by atoms with van der Waals surface area (Å²) >= 11 is 0. The van der Waals surface area contributed by atoms with Gasteiger partial charge in [-0.15, -0.1) is 0 Å². The standard InChI is InChI=1S/C27H34O4.C25H30O4/c1-3-5-6-7-21-8-10-22(11-9-21)23-12-14-24(15-13-23)29-20-30-25-16-18-26(19-17-25)31-27(28)4-2;1-3-5-19-6-8-20(9-7-19)21-10-12-22(13-11-21)27-18-28-23-14-16-24(17-15-23)29-25(26)4-2/h4,8-11,16-19,23-24H,2-3,5-7,12-15,20H2,1H3;4,6-9,14-17,21-22H,2-3,5,10-13,18H2,1H3. The maximum absolute atomic E-state index is 11.2. The number of rotatable bonds is 20. The molecule has 6 rings (SSSR count). The highest BCUT2D eigenvalue weighted by Gasteiger charge is 2.24. The van der Waals surface area contributed by atoms with E-state index in [0.717, 1.165) is 69.9 Å². The van der Waals surface area contributed by atoms with Crippen molar-refractivity contribution in [1.82, 2.24) is 0 Å². The zero-order valence-corrected chi connectivity index (χ0v) is 35.7. The average molecular weight is 817 g/mol. The van der Waals surface area contributed by atoms with E-state index < -0.39 is 11.9 Å². The highest BCUT2D eigenvalue weighted by molar-refractivity contribution is 5.83. The second-order valence-corrected chi connectivity index (χ2v) is 15.7. The number of hydrogen-bond donors (Lipinski definition) is 0. The van der Waals surface area contributed by atoms with Crippen LogP contribution in [0.4, 0.5) is 0 Å². The molecule has 320 valence electrons. The van der Waals surface area contributed by atoms with Crippen molar-refractivity contribution in [2.45, 2.75) is 128 Å². The fourth-order valence-corrected chi connectivity index (χ4v) is 7.83. The van der Waals surface area contributed by atoms with Crippen LogP contribution in [0.3, 0.4) is 0 Å². The van der Waals surface area contributed by atoms with Crippen molar-refractivity contribution in [1.29, 1.82) is 0 Å². The molecule has 2 fully saturated rings. The Labute approximate surface area is 357 Å². The van der Waals surface area contributed by atoms with Gasteiger partial charge in [0.1, 0.15) is 23.0 Å². The van der Waals surface area contributed by atoms with Gasteiger partial charge in [-0.1, -0.05) is 94.8 Å². The van der Waals surface area contributed by atoms with Crippen LogP contribution in [0.2, 0.25) is 0 Å². The highest BCUT2D eigenvalue weighted by Crippen LogP contribution is 2.35. The molecule has 0 amide bonds. The zero-order valence-electron chi connectivity index (χ0n) is 35.7. The minimum Gasteiger partial charge on any atom is -0.468 e. The number of ether oxygens (including phenoxy) is 6. The normalized spacial score (nSPS) is 18.6. The molecule has 2 saturated carbocycles. The van der Waals surface area contributed by atoms with Crippen LogP contribution in [-0.2, 0) is 31.9 Å². The van der Waals surface area contributed by atoms with E-state index in [1.807, 2.05) is 0 Å². The van der Waals surface area contributed by atoms with E-state index in [-0.39, 0.29) is 25.8 Å². The fraction of sp³-hybridized carbons (Fsp3) is 0.423. The van der Waals surface area contributed by atoms with Gasteiger partial charge in [0, 0.05) is 12.2 Å². The fourth-order valence-electron chi connectivity index (χ4n) is 7.83. The Morgan fingerprint density at radius 3 is 1.25 bits per heavy atom. The number of carbonyl (C=O) groups excluding carboxylic acids is 2. The number of unbranched alkanes of at least 4 members (excludes halogenated alkanes) is 2. The van der Waals surface area contributed by atoms with Crippen LogP contribution in [0.5, 0.6) is 23.0 Å². The second kappa shape index (κ2) is 25.4. The predicted octanol–water partition coefficient (Wildman–Crippen LogP) is 12.4. The number of aryl methyl sites for hydroxylation is 2. The number of carbonyl (C=O) groups is 2. The third kappa shape index (κ3) is 15.8. The van der Waals surface area contributed by atoms with E-state index >= 15 is 0 Å². The van der Waals surface area contributed by atoms with Gasteiger partial charge in [0.25, 0.3) is 0 Å². The largest absolute Gasteiger partial charge is 0.468 e. The highest BCUT2D eigenvalue weighted by atomic mass is 16.7.